The summed E-state index contributed by atoms with van der Waals surface area (Å²) in [7, 11) is 0. The number of rotatable bonds is 5. The summed E-state index contributed by atoms with van der Waals surface area (Å²) in [5.41, 5.74) is 3.63. The summed E-state index contributed by atoms with van der Waals surface area (Å²) < 4.78 is 7.29. The van der Waals surface area contributed by atoms with Gasteiger partial charge in [-0.15, -0.1) is 0 Å². The van der Waals surface area contributed by atoms with Crippen LogP contribution in [0.2, 0.25) is 0 Å². The van der Waals surface area contributed by atoms with Crippen LogP contribution < -0.4 is 10.7 Å². The molecule has 1 aliphatic heterocycles. The van der Waals surface area contributed by atoms with Gasteiger partial charge in [0.25, 0.3) is 5.91 Å². The van der Waals surface area contributed by atoms with Crippen molar-refractivity contribution in [2.45, 2.75) is 45.6 Å². The zero-order valence-corrected chi connectivity index (χ0v) is 18.3. The number of nitrogens with zero attached hydrogens (tertiary/aromatic N) is 3. The SMILES string of the molecule is CC(C)c1nc(Cc2ccc(NC(=O)c3cn4c5c(cccc5c3=O)C[C@H]4C)cc2)no1. The van der Waals surface area contributed by atoms with Crippen LogP contribution in [0, 0.1) is 0 Å². The second-order valence-electron chi connectivity index (χ2n) is 8.68. The van der Waals surface area contributed by atoms with Crippen LogP contribution in [0.1, 0.15) is 65.9 Å². The van der Waals surface area contributed by atoms with Crippen LogP contribution in [0.5, 0.6) is 0 Å². The van der Waals surface area contributed by atoms with Gasteiger partial charge in [0.2, 0.25) is 11.3 Å². The number of amides is 1. The zero-order chi connectivity index (χ0) is 22.4. The van der Waals surface area contributed by atoms with Crippen LogP contribution in [0.4, 0.5) is 5.69 Å². The summed E-state index contributed by atoms with van der Waals surface area (Å²) in [6.07, 6.45) is 3.10. The molecule has 32 heavy (non-hydrogen) atoms. The van der Waals surface area contributed by atoms with Gasteiger partial charge in [0.15, 0.2) is 5.82 Å². The maximum atomic E-state index is 13.0. The average molecular weight is 428 g/mol. The van der Waals surface area contributed by atoms with E-state index in [1.807, 2.05) is 54.8 Å². The molecular formula is C25H24N4O3. The van der Waals surface area contributed by atoms with Gasteiger partial charge in [0, 0.05) is 35.7 Å². The standard InChI is InChI=1S/C25H24N4O3/c1-14(2)25-27-21(28-32-25)12-16-7-9-18(10-8-16)26-24(31)20-13-29-15(3)11-17-5-4-6-19(22(17)29)23(20)30/h4-10,13-15H,11-12H2,1-3H3,(H,26,31)/t15-/m1/s1. The molecule has 0 radical (unpaired) electrons. The van der Waals surface area contributed by atoms with Crippen LogP contribution >= 0.6 is 0 Å². The molecular weight excluding hydrogens is 404 g/mol. The Morgan fingerprint density at radius 2 is 2.00 bits per heavy atom. The number of hydrogen-bond donors (Lipinski definition) is 1. The van der Waals surface area contributed by atoms with E-state index in [1.54, 1.807) is 12.3 Å². The van der Waals surface area contributed by atoms with E-state index in [0.29, 0.717) is 29.2 Å². The summed E-state index contributed by atoms with van der Waals surface area (Å²) in [6, 6.07) is 13.4. The van der Waals surface area contributed by atoms with E-state index < -0.39 is 5.91 Å². The van der Waals surface area contributed by atoms with Crippen LogP contribution in [-0.2, 0) is 12.8 Å². The first-order chi connectivity index (χ1) is 15.4. The first-order valence-electron chi connectivity index (χ1n) is 10.8. The van der Waals surface area contributed by atoms with Crippen molar-refractivity contribution >= 4 is 22.5 Å². The minimum absolute atomic E-state index is 0.153. The lowest BCUT2D eigenvalue weighted by atomic mass is 10.1. The smallest absolute Gasteiger partial charge is 0.261 e. The largest absolute Gasteiger partial charge is 0.343 e. The second-order valence-corrected chi connectivity index (χ2v) is 8.68. The van der Waals surface area contributed by atoms with Crippen molar-refractivity contribution in [3.63, 3.8) is 0 Å². The second kappa shape index (κ2) is 7.75. The van der Waals surface area contributed by atoms with E-state index in [-0.39, 0.29) is 23.0 Å². The molecule has 2 aromatic heterocycles. The Bertz CT molecular complexity index is 1380. The number of benzene rings is 2. The third-order valence-electron chi connectivity index (χ3n) is 5.92. The van der Waals surface area contributed by atoms with Crippen molar-refractivity contribution in [3.05, 3.63) is 87.3 Å². The Kier molecular flexibility index (Phi) is 4.89. The average Bonchev–Trinajstić information content (AvgIpc) is 3.37. The first kappa shape index (κ1) is 20.2. The van der Waals surface area contributed by atoms with Gasteiger partial charge in [-0.1, -0.05) is 43.3 Å². The molecule has 0 aliphatic carbocycles. The van der Waals surface area contributed by atoms with E-state index in [0.717, 1.165) is 23.1 Å². The molecule has 0 bridgehead atoms. The summed E-state index contributed by atoms with van der Waals surface area (Å²) >= 11 is 0. The van der Waals surface area contributed by atoms with Crippen molar-refractivity contribution in [2.75, 3.05) is 5.32 Å². The predicted molar refractivity (Wildman–Crippen MR) is 122 cm³/mol. The number of pyridine rings is 1. The van der Waals surface area contributed by atoms with Gasteiger partial charge in [-0.2, -0.15) is 4.98 Å². The van der Waals surface area contributed by atoms with Crippen molar-refractivity contribution < 1.29 is 9.32 Å². The number of carbonyl (C=O) groups excluding carboxylic acids is 1. The molecule has 1 atom stereocenters. The van der Waals surface area contributed by atoms with Gasteiger partial charge < -0.3 is 14.4 Å². The van der Waals surface area contributed by atoms with E-state index in [1.165, 1.54) is 0 Å². The fourth-order valence-corrected chi connectivity index (χ4v) is 4.24. The van der Waals surface area contributed by atoms with Crippen molar-refractivity contribution in [2.24, 2.45) is 0 Å². The lowest BCUT2D eigenvalue weighted by Gasteiger charge is -2.13. The van der Waals surface area contributed by atoms with E-state index in [2.05, 4.69) is 22.4 Å². The molecule has 0 saturated carbocycles. The third kappa shape index (κ3) is 3.49. The number of aromatic nitrogens is 3. The third-order valence-corrected chi connectivity index (χ3v) is 5.92. The molecule has 0 saturated heterocycles. The molecule has 1 aliphatic rings. The maximum Gasteiger partial charge on any atom is 0.261 e. The van der Waals surface area contributed by atoms with E-state index in [9.17, 15) is 9.59 Å². The predicted octanol–water partition coefficient (Wildman–Crippen LogP) is 4.47. The fraction of sp³-hybridized carbons (Fsp3) is 0.280. The van der Waals surface area contributed by atoms with Crippen molar-refractivity contribution in [3.8, 4) is 0 Å². The first-order valence-corrected chi connectivity index (χ1v) is 10.8. The van der Waals surface area contributed by atoms with E-state index >= 15 is 0 Å². The quantitative estimate of drug-likeness (QED) is 0.507. The van der Waals surface area contributed by atoms with E-state index in [4.69, 9.17) is 4.52 Å². The number of para-hydroxylation sites is 1. The topological polar surface area (TPSA) is 90.0 Å². The molecule has 2 aromatic carbocycles. The van der Waals surface area contributed by atoms with Gasteiger partial charge >= 0.3 is 0 Å². The summed E-state index contributed by atoms with van der Waals surface area (Å²) in [5.74, 6) is 1.03. The van der Waals surface area contributed by atoms with Gasteiger partial charge in [-0.05, 0) is 42.7 Å². The zero-order valence-electron chi connectivity index (χ0n) is 18.3. The number of carbonyl (C=O) groups is 1. The highest BCUT2D eigenvalue weighted by atomic mass is 16.5. The summed E-state index contributed by atoms with van der Waals surface area (Å²) in [4.78, 5) is 30.4. The fourth-order valence-electron chi connectivity index (χ4n) is 4.24. The molecule has 5 rings (SSSR count). The Morgan fingerprint density at radius 1 is 1.22 bits per heavy atom. The number of anilines is 1. The minimum Gasteiger partial charge on any atom is -0.343 e. The van der Waals surface area contributed by atoms with Gasteiger partial charge in [0.1, 0.15) is 5.56 Å². The highest BCUT2D eigenvalue weighted by molar-refractivity contribution is 6.06. The van der Waals surface area contributed by atoms with Crippen LogP contribution in [0.15, 0.2) is 58.0 Å². The lowest BCUT2D eigenvalue weighted by molar-refractivity contribution is 0.102. The molecule has 4 aromatic rings. The molecule has 7 nitrogen and oxygen atoms in total. The molecule has 7 heteroatoms. The maximum absolute atomic E-state index is 13.0. The molecule has 0 spiro atoms. The number of nitrogens with one attached hydrogen (secondary N) is 1. The molecule has 3 heterocycles. The van der Waals surface area contributed by atoms with Gasteiger partial charge in [-0.3, -0.25) is 9.59 Å². The van der Waals surface area contributed by atoms with Crippen LogP contribution in [0.25, 0.3) is 10.9 Å². The highest BCUT2D eigenvalue weighted by Crippen LogP contribution is 2.31. The Balaban J connectivity index is 1.36. The van der Waals surface area contributed by atoms with Crippen LogP contribution in [0.3, 0.4) is 0 Å². The molecule has 162 valence electrons. The summed E-state index contributed by atoms with van der Waals surface area (Å²) in [6.45, 7) is 6.10. The molecule has 1 amide bonds. The number of hydrogen-bond acceptors (Lipinski definition) is 5. The Morgan fingerprint density at radius 3 is 2.72 bits per heavy atom. The minimum atomic E-state index is -0.405. The summed E-state index contributed by atoms with van der Waals surface area (Å²) in [5, 5.41) is 7.46. The molecule has 0 fully saturated rings. The monoisotopic (exact) mass is 428 g/mol. The molecule has 1 N–H and O–H groups in total. The van der Waals surface area contributed by atoms with Crippen LogP contribution in [-0.4, -0.2) is 20.6 Å². The van der Waals surface area contributed by atoms with Crippen molar-refractivity contribution in [1.82, 2.24) is 14.7 Å². The Hall–Kier alpha value is -3.74. The Labute approximate surface area is 185 Å². The van der Waals surface area contributed by atoms with Gasteiger partial charge in [0.05, 0.1) is 5.52 Å². The van der Waals surface area contributed by atoms with Crippen molar-refractivity contribution in [1.29, 1.82) is 0 Å². The normalized spacial score (nSPS) is 14.9. The molecule has 0 unspecified atom stereocenters. The lowest BCUT2D eigenvalue weighted by Crippen LogP contribution is -2.23. The highest BCUT2D eigenvalue weighted by Gasteiger charge is 2.24. The van der Waals surface area contributed by atoms with Gasteiger partial charge in [-0.25, -0.2) is 0 Å².